The zero-order valence-electron chi connectivity index (χ0n) is 12.6. The van der Waals surface area contributed by atoms with E-state index in [-0.39, 0.29) is 0 Å². The van der Waals surface area contributed by atoms with Crippen molar-refractivity contribution in [2.75, 3.05) is 21.1 Å². The minimum Gasteiger partial charge on any atom is -0.315 e. The van der Waals surface area contributed by atoms with E-state index in [0.29, 0.717) is 11.1 Å². The second-order valence-electron chi connectivity index (χ2n) is 6.62. The van der Waals surface area contributed by atoms with Gasteiger partial charge in [0, 0.05) is 11.1 Å². The maximum absolute atomic E-state index is 3.53. The second-order valence-corrected chi connectivity index (χ2v) is 6.62. The summed E-state index contributed by atoms with van der Waals surface area (Å²) in [6.07, 6.45) is 10.8. The number of rotatable bonds is 2. The first-order valence-corrected chi connectivity index (χ1v) is 7.28. The van der Waals surface area contributed by atoms with Crippen LogP contribution in [0.5, 0.6) is 0 Å². The second kappa shape index (κ2) is 6.19. The largest absolute Gasteiger partial charge is 0.315 e. The molecule has 0 aromatic rings. The molecule has 1 saturated carbocycles. The Labute approximate surface area is 108 Å². The van der Waals surface area contributed by atoms with Gasteiger partial charge in [-0.05, 0) is 60.7 Å². The van der Waals surface area contributed by atoms with E-state index in [9.17, 15) is 0 Å². The molecule has 0 unspecified atom stereocenters. The van der Waals surface area contributed by atoms with Gasteiger partial charge in [-0.1, -0.05) is 25.7 Å². The van der Waals surface area contributed by atoms with Crippen LogP contribution in [0.2, 0.25) is 0 Å². The van der Waals surface area contributed by atoms with E-state index in [1.165, 1.54) is 51.4 Å². The first-order valence-electron chi connectivity index (χ1n) is 7.28. The van der Waals surface area contributed by atoms with E-state index in [0.717, 1.165) is 0 Å². The highest BCUT2D eigenvalue weighted by Gasteiger charge is 2.28. The number of hydrogen-bond donors (Lipinski definition) is 1. The smallest absolute Gasteiger partial charge is 0.0175 e. The molecule has 1 N–H and O–H groups in total. The van der Waals surface area contributed by atoms with Crippen LogP contribution in [-0.2, 0) is 0 Å². The topological polar surface area (TPSA) is 15.3 Å². The maximum Gasteiger partial charge on any atom is 0.0175 e. The van der Waals surface area contributed by atoms with Crippen LogP contribution < -0.4 is 5.32 Å². The van der Waals surface area contributed by atoms with E-state index < -0.39 is 0 Å². The molecule has 2 heteroatoms. The van der Waals surface area contributed by atoms with Crippen LogP contribution >= 0.6 is 0 Å². The highest BCUT2D eigenvalue weighted by Crippen LogP contribution is 2.31. The van der Waals surface area contributed by atoms with Crippen molar-refractivity contribution in [3.05, 3.63) is 0 Å². The van der Waals surface area contributed by atoms with Crippen LogP contribution in [-0.4, -0.2) is 37.1 Å². The van der Waals surface area contributed by atoms with Gasteiger partial charge in [-0.2, -0.15) is 0 Å². The minimum absolute atomic E-state index is 0.381. The maximum atomic E-state index is 3.53. The number of nitrogens with zero attached hydrogens (tertiary/aromatic N) is 1. The summed E-state index contributed by atoms with van der Waals surface area (Å²) in [4.78, 5) is 2.44. The molecule has 1 aliphatic carbocycles. The number of hydrogen-bond acceptors (Lipinski definition) is 2. The van der Waals surface area contributed by atoms with Crippen molar-refractivity contribution in [3.63, 3.8) is 0 Å². The molecule has 1 aliphatic rings. The highest BCUT2D eigenvalue weighted by atomic mass is 15.1. The first kappa shape index (κ1) is 15.0. The van der Waals surface area contributed by atoms with E-state index >= 15 is 0 Å². The summed E-state index contributed by atoms with van der Waals surface area (Å²) in [7, 11) is 6.60. The van der Waals surface area contributed by atoms with Crippen molar-refractivity contribution >= 4 is 0 Å². The van der Waals surface area contributed by atoms with Crippen molar-refractivity contribution in [2.45, 2.75) is 76.3 Å². The van der Waals surface area contributed by atoms with Crippen LogP contribution in [0.4, 0.5) is 0 Å². The quantitative estimate of drug-likeness (QED) is 0.795. The molecule has 1 fully saturated rings. The van der Waals surface area contributed by atoms with Gasteiger partial charge in [0.1, 0.15) is 0 Å². The van der Waals surface area contributed by atoms with Crippen molar-refractivity contribution in [3.8, 4) is 0 Å². The Kier molecular flexibility index (Phi) is 5.46. The van der Waals surface area contributed by atoms with Crippen molar-refractivity contribution < 1.29 is 0 Å². The van der Waals surface area contributed by atoms with Gasteiger partial charge in [0.25, 0.3) is 0 Å². The van der Waals surface area contributed by atoms with Gasteiger partial charge < -0.3 is 10.2 Å². The molecule has 1 rings (SSSR count). The lowest BCUT2D eigenvalue weighted by atomic mass is 9.81. The van der Waals surface area contributed by atoms with Gasteiger partial charge in [0.2, 0.25) is 0 Å². The summed E-state index contributed by atoms with van der Waals surface area (Å²) >= 11 is 0. The van der Waals surface area contributed by atoms with Crippen LogP contribution in [0.3, 0.4) is 0 Å². The van der Waals surface area contributed by atoms with Gasteiger partial charge in [0.05, 0.1) is 0 Å². The Bertz CT molecular complexity index is 211. The lowest BCUT2D eigenvalue weighted by Crippen LogP contribution is -2.43. The molecule has 0 bridgehead atoms. The normalized spacial score (nSPS) is 37.1. The third-order valence-electron chi connectivity index (χ3n) is 5.07. The Hall–Kier alpha value is -0.0800. The summed E-state index contributed by atoms with van der Waals surface area (Å²) < 4.78 is 0. The lowest BCUT2D eigenvalue weighted by molar-refractivity contribution is 0.131. The average Bonchev–Trinajstić information content (AvgIpc) is 2.30. The summed E-state index contributed by atoms with van der Waals surface area (Å²) in [5.41, 5.74) is 0.805. The molecule has 0 spiro atoms. The predicted octanol–water partition coefficient (Wildman–Crippen LogP) is 3.42. The van der Waals surface area contributed by atoms with Crippen LogP contribution in [0.25, 0.3) is 0 Å². The third-order valence-corrected chi connectivity index (χ3v) is 5.07. The average molecular weight is 240 g/mol. The van der Waals surface area contributed by atoms with Crippen molar-refractivity contribution in [1.29, 1.82) is 0 Å². The van der Waals surface area contributed by atoms with Crippen LogP contribution in [0.1, 0.15) is 65.2 Å². The van der Waals surface area contributed by atoms with Crippen LogP contribution in [0, 0.1) is 0 Å². The molecule has 0 radical (unpaired) electrons. The zero-order valence-corrected chi connectivity index (χ0v) is 12.6. The minimum atomic E-state index is 0.381. The Morgan fingerprint density at radius 1 is 0.824 bits per heavy atom. The van der Waals surface area contributed by atoms with Crippen LogP contribution in [0.15, 0.2) is 0 Å². The Morgan fingerprint density at radius 2 is 1.24 bits per heavy atom. The molecular weight excluding hydrogens is 208 g/mol. The summed E-state index contributed by atoms with van der Waals surface area (Å²) in [5, 5.41) is 3.53. The summed E-state index contributed by atoms with van der Waals surface area (Å²) in [6.45, 7) is 4.83. The first-order chi connectivity index (χ1) is 7.92. The van der Waals surface area contributed by atoms with Gasteiger partial charge in [0.15, 0.2) is 0 Å². The standard InChI is InChI=1S/C15H32N2/c1-14(16-3)10-6-8-12-15(2,17(4)5)13-9-7-11-14/h16H,6-13H2,1-5H3. The Balaban J connectivity index is 2.56. The molecular formula is C15H32N2. The van der Waals surface area contributed by atoms with Gasteiger partial charge in [-0.3, -0.25) is 0 Å². The zero-order chi connectivity index (χ0) is 12.9. The van der Waals surface area contributed by atoms with Crippen molar-refractivity contribution in [1.82, 2.24) is 10.2 Å². The van der Waals surface area contributed by atoms with E-state index in [2.05, 4.69) is 45.2 Å². The van der Waals surface area contributed by atoms with E-state index in [1.54, 1.807) is 0 Å². The van der Waals surface area contributed by atoms with Gasteiger partial charge >= 0.3 is 0 Å². The molecule has 17 heavy (non-hydrogen) atoms. The molecule has 0 aromatic heterocycles. The molecule has 0 aromatic carbocycles. The molecule has 0 saturated heterocycles. The fraction of sp³-hybridized carbons (Fsp3) is 1.00. The summed E-state index contributed by atoms with van der Waals surface area (Å²) in [6, 6.07) is 0. The molecule has 0 aliphatic heterocycles. The van der Waals surface area contributed by atoms with Crippen molar-refractivity contribution in [2.24, 2.45) is 0 Å². The highest BCUT2D eigenvalue weighted by molar-refractivity contribution is 4.87. The predicted molar refractivity (Wildman–Crippen MR) is 76.5 cm³/mol. The molecule has 0 atom stereocenters. The van der Waals surface area contributed by atoms with E-state index in [4.69, 9.17) is 0 Å². The third kappa shape index (κ3) is 4.26. The Morgan fingerprint density at radius 3 is 1.59 bits per heavy atom. The van der Waals surface area contributed by atoms with Gasteiger partial charge in [-0.25, -0.2) is 0 Å². The monoisotopic (exact) mass is 240 g/mol. The van der Waals surface area contributed by atoms with E-state index in [1.807, 2.05) is 0 Å². The molecule has 0 amide bonds. The number of nitrogens with one attached hydrogen (secondary N) is 1. The SMILES string of the molecule is CNC1(C)CCCCC(C)(N(C)C)CCCC1. The fourth-order valence-electron chi connectivity index (χ4n) is 2.99. The molecule has 102 valence electrons. The van der Waals surface area contributed by atoms with Gasteiger partial charge in [-0.15, -0.1) is 0 Å². The lowest BCUT2D eigenvalue weighted by Gasteiger charge is -2.39. The fourth-order valence-corrected chi connectivity index (χ4v) is 2.99. The summed E-state index contributed by atoms with van der Waals surface area (Å²) in [5.74, 6) is 0. The molecule has 2 nitrogen and oxygen atoms in total. The molecule has 0 heterocycles.